The molecule has 0 aromatic heterocycles. The minimum atomic E-state index is -1.02. The second-order valence-electron chi connectivity index (χ2n) is 4.40. The van der Waals surface area contributed by atoms with Crippen LogP contribution in [0.4, 0.5) is 0 Å². The van der Waals surface area contributed by atoms with E-state index in [0.717, 1.165) is 17.5 Å². The first-order valence-electron chi connectivity index (χ1n) is 5.91. The summed E-state index contributed by atoms with van der Waals surface area (Å²) in [5, 5.41) is 12.6. The predicted molar refractivity (Wildman–Crippen MR) is 68.8 cm³/mol. The zero-order valence-electron chi connectivity index (χ0n) is 10.4. The van der Waals surface area contributed by atoms with Crippen LogP contribution in [0.15, 0.2) is 30.9 Å². The van der Waals surface area contributed by atoms with E-state index < -0.39 is 11.5 Å². The Hall–Kier alpha value is -1.81. The molecule has 2 N–H and O–H groups in total. The maximum atomic E-state index is 11.7. The van der Waals surface area contributed by atoms with Crippen LogP contribution in [0.25, 0.3) is 0 Å². The summed E-state index contributed by atoms with van der Waals surface area (Å²) in [5.41, 5.74) is 0.851. The van der Waals surface area contributed by atoms with Crippen molar-refractivity contribution in [2.45, 2.75) is 18.4 Å². The summed E-state index contributed by atoms with van der Waals surface area (Å²) in [7, 11) is 1.58. The second-order valence-corrected chi connectivity index (χ2v) is 4.40. The van der Waals surface area contributed by atoms with Gasteiger partial charge in [-0.1, -0.05) is 12.1 Å². The van der Waals surface area contributed by atoms with Crippen LogP contribution in [0.3, 0.4) is 0 Å². The van der Waals surface area contributed by atoms with Crippen LogP contribution in [0.5, 0.6) is 5.75 Å². The Bertz CT molecular complexity index is 484. The largest absolute Gasteiger partial charge is 0.497 e. The van der Waals surface area contributed by atoms with Gasteiger partial charge in [-0.3, -0.25) is 5.32 Å². The molecule has 1 aliphatic carbocycles. The van der Waals surface area contributed by atoms with E-state index in [1.54, 1.807) is 13.2 Å². The molecule has 0 amide bonds. The molecule has 0 saturated carbocycles. The van der Waals surface area contributed by atoms with Gasteiger partial charge in [-0.25, -0.2) is 4.79 Å². The number of fused-ring (bicyclic) bond motifs is 1. The molecule has 0 radical (unpaired) electrons. The smallest absolute Gasteiger partial charge is 0.328 e. The van der Waals surface area contributed by atoms with E-state index in [9.17, 15) is 9.90 Å². The summed E-state index contributed by atoms with van der Waals surface area (Å²) in [6.07, 6.45) is 2.98. The predicted octanol–water partition coefficient (Wildman–Crippen LogP) is 1.70. The maximum absolute atomic E-state index is 11.7. The quantitative estimate of drug-likeness (QED) is 0.777. The number of rotatable bonds is 5. The first kappa shape index (κ1) is 12.6. The molecule has 4 heteroatoms. The highest BCUT2D eigenvalue weighted by Crippen LogP contribution is 2.39. The monoisotopic (exact) mass is 247 g/mol. The third-order valence-electron chi connectivity index (χ3n) is 3.46. The number of hydrogen-bond acceptors (Lipinski definition) is 3. The third-order valence-corrected chi connectivity index (χ3v) is 3.46. The third kappa shape index (κ3) is 1.88. The van der Waals surface area contributed by atoms with Gasteiger partial charge in [-0.2, -0.15) is 0 Å². The number of carboxylic acids is 1. The van der Waals surface area contributed by atoms with Crippen LogP contribution >= 0.6 is 0 Å². The molecule has 0 spiro atoms. The highest BCUT2D eigenvalue weighted by molar-refractivity contribution is 5.83. The van der Waals surface area contributed by atoms with Crippen molar-refractivity contribution >= 4 is 5.97 Å². The molecule has 1 atom stereocenters. The van der Waals surface area contributed by atoms with Crippen LogP contribution in [-0.2, 0) is 16.8 Å². The Kier molecular flexibility index (Phi) is 3.39. The van der Waals surface area contributed by atoms with Crippen molar-refractivity contribution in [3.63, 3.8) is 0 Å². The van der Waals surface area contributed by atoms with Crippen LogP contribution in [0.2, 0.25) is 0 Å². The molecule has 0 aliphatic heterocycles. The lowest BCUT2D eigenvalue weighted by Crippen LogP contribution is -2.47. The zero-order valence-corrected chi connectivity index (χ0v) is 10.4. The van der Waals surface area contributed by atoms with Crippen molar-refractivity contribution in [2.24, 2.45) is 0 Å². The maximum Gasteiger partial charge on any atom is 0.328 e. The Morgan fingerprint density at radius 2 is 2.44 bits per heavy atom. The van der Waals surface area contributed by atoms with Crippen molar-refractivity contribution in [3.05, 3.63) is 42.0 Å². The Labute approximate surface area is 106 Å². The summed E-state index contributed by atoms with van der Waals surface area (Å²) in [6, 6.07) is 5.62. The minimum Gasteiger partial charge on any atom is -0.497 e. The van der Waals surface area contributed by atoms with Gasteiger partial charge in [-0.05, 0) is 36.1 Å². The van der Waals surface area contributed by atoms with Crippen molar-refractivity contribution in [1.29, 1.82) is 0 Å². The van der Waals surface area contributed by atoms with Crippen LogP contribution in [0, 0.1) is 0 Å². The van der Waals surface area contributed by atoms with E-state index in [1.165, 1.54) is 0 Å². The summed E-state index contributed by atoms with van der Waals surface area (Å²) >= 11 is 0. The molecule has 1 aliphatic rings. The average molecular weight is 247 g/mol. The topological polar surface area (TPSA) is 58.6 Å². The molecule has 96 valence electrons. The number of methoxy groups -OCH3 is 1. The number of carbonyl (C=O) groups is 1. The van der Waals surface area contributed by atoms with Crippen LogP contribution < -0.4 is 10.1 Å². The number of aliphatic carboxylic acids is 1. The van der Waals surface area contributed by atoms with Gasteiger partial charge in [-0.15, -0.1) is 6.58 Å². The summed E-state index contributed by atoms with van der Waals surface area (Å²) in [4.78, 5) is 11.7. The van der Waals surface area contributed by atoms with E-state index in [2.05, 4.69) is 11.9 Å². The van der Waals surface area contributed by atoms with E-state index in [-0.39, 0.29) is 0 Å². The summed E-state index contributed by atoms with van der Waals surface area (Å²) in [6.45, 7) is 4.08. The van der Waals surface area contributed by atoms with Crippen LogP contribution in [0.1, 0.15) is 17.5 Å². The molecule has 0 heterocycles. The fraction of sp³-hybridized carbons (Fsp3) is 0.357. The van der Waals surface area contributed by atoms with Gasteiger partial charge in [0.25, 0.3) is 0 Å². The SMILES string of the molecule is C=CCNC1(C(=O)O)CCc2ccc(OC)cc21. The molecule has 18 heavy (non-hydrogen) atoms. The van der Waals surface area contributed by atoms with Crippen molar-refractivity contribution in [2.75, 3.05) is 13.7 Å². The molecule has 0 bridgehead atoms. The molecule has 4 nitrogen and oxygen atoms in total. The van der Waals surface area contributed by atoms with Crippen molar-refractivity contribution in [1.82, 2.24) is 5.32 Å². The first-order valence-corrected chi connectivity index (χ1v) is 5.91. The second kappa shape index (κ2) is 4.82. The highest BCUT2D eigenvalue weighted by atomic mass is 16.5. The zero-order chi connectivity index (χ0) is 13.2. The molecule has 1 aromatic carbocycles. The van der Waals surface area contributed by atoms with E-state index in [4.69, 9.17) is 4.74 Å². The van der Waals surface area contributed by atoms with Crippen molar-refractivity contribution in [3.8, 4) is 5.75 Å². The van der Waals surface area contributed by atoms with Crippen molar-refractivity contribution < 1.29 is 14.6 Å². The van der Waals surface area contributed by atoms with Gasteiger partial charge in [0.05, 0.1) is 7.11 Å². The van der Waals surface area contributed by atoms with Gasteiger partial charge in [0.1, 0.15) is 11.3 Å². The lowest BCUT2D eigenvalue weighted by molar-refractivity contribution is -0.145. The molecular weight excluding hydrogens is 230 g/mol. The number of ether oxygens (including phenoxy) is 1. The number of carboxylic acid groups (broad SMARTS) is 1. The Morgan fingerprint density at radius 1 is 1.67 bits per heavy atom. The first-order chi connectivity index (χ1) is 8.64. The van der Waals surface area contributed by atoms with Gasteiger partial charge in [0.15, 0.2) is 0 Å². The van der Waals surface area contributed by atoms with Gasteiger partial charge in [0.2, 0.25) is 0 Å². The van der Waals surface area contributed by atoms with E-state index in [1.807, 2.05) is 18.2 Å². The molecular formula is C14H17NO3. The normalized spacial score (nSPS) is 21.4. The lowest BCUT2D eigenvalue weighted by Gasteiger charge is -2.26. The van der Waals surface area contributed by atoms with Crippen LogP contribution in [-0.4, -0.2) is 24.7 Å². The summed E-state index contributed by atoms with van der Waals surface area (Å²) < 4.78 is 5.18. The fourth-order valence-corrected chi connectivity index (χ4v) is 2.48. The molecule has 0 fully saturated rings. The molecule has 1 unspecified atom stereocenters. The van der Waals surface area contributed by atoms with Gasteiger partial charge < -0.3 is 9.84 Å². The average Bonchev–Trinajstić information content (AvgIpc) is 2.75. The molecule has 2 rings (SSSR count). The molecule has 1 aromatic rings. The highest BCUT2D eigenvalue weighted by Gasteiger charge is 2.45. The fourth-order valence-electron chi connectivity index (χ4n) is 2.48. The minimum absolute atomic E-state index is 0.461. The molecule has 0 saturated heterocycles. The van der Waals surface area contributed by atoms with E-state index in [0.29, 0.717) is 18.7 Å². The standard InChI is InChI=1S/C14H17NO3/c1-3-8-15-14(13(16)17)7-6-10-4-5-11(18-2)9-12(10)14/h3-5,9,15H,1,6-8H2,2H3,(H,16,17). The Morgan fingerprint density at radius 3 is 3.06 bits per heavy atom. The number of benzene rings is 1. The number of hydrogen-bond donors (Lipinski definition) is 2. The summed E-state index contributed by atoms with van der Waals surface area (Å²) in [5.74, 6) is -0.168. The lowest BCUT2D eigenvalue weighted by atomic mass is 9.91. The number of nitrogens with one attached hydrogen (secondary N) is 1. The van der Waals surface area contributed by atoms with Gasteiger partial charge >= 0.3 is 5.97 Å². The van der Waals surface area contributed by atoms with E-state index >= 15 is 0 Å². The number of aryl methyl sites for hydroxylation is 1. The Balaban J connectivity index is 2.47. The van der Waals surface area contributed by atoms with Gasteiger partial charge in [0, 0.05) is 6.54 Å².